The van der Waals surface area contributed by atoms with E-state index in [1.54, 1.807) is 26.0 Å². The number of carbonyl (C=O) groups is 1. The number of thioether (sulfide) groups is 1. The molecule has 3 aromatic rings. The third kappa shape index (κ3) is 3.99. The summed E-state index contributed by atoms with van der Waals surface area (Å²) < 4.78 is 12.8. The van der Waals surface area contributed by atoms with E-state index in [-0.39, 0.29) is 11.8 Å². The highest BCUT2D eigenvalue weighted by Gasteiger charge is 2.37. The van der Waals surface area contributed by atoms with Gasteiger partial charge in [-0.25, -0.2) is 4.68 Å². The number of fused-ring (bicyclic) bond motifs is 1. The molecule has 0 saturated carbocycles. The molecular weight excluding hydrogens is 436 g/mol. The zero-order valence-electron chi connectivity index (χ0n) is 18.9. The maximum Gasteiger partial charge on any atom is 0.227 e. The van der Waals surface area contributed by atoms with E-state index >= 15 is 0 Å². The lowest BCUT2D eigenvalue weighted by Gasteiger charge is -2.32. The highest BCUT2D eigenvalue weighted by Crippen LogP contribution is 2.42. The maximum atomic E-state index is 13.0. The van der Waals surface area contributed by atoms with E-state index in [2.05, 4.69) is 24.4 Å². The van der Waals surface area contributed by atoms with Crippen molar-refractivity contribution in [3.8, 4) is 11.5 Å². The van der Waals surface area contributed by atoms with E-state index in [1.165, 1.54) is 11.1 Å². The maximum absolute atomic E-state index is 13.0. The minimum atomic E-state index is -0.357. The largest absolute Gasteiger partial charge is 0.493 e. The number of hydrogen-bond donors (Lipinski definition) is 1. The van der Waals surface area contributed by atoms with Gasteiger partial charge in [0.2, 0.25) is 11.1 Å². The average Bonchev–Trinajstić information content (AvgIpc) is 3.24. The number of ketones is 1. The van der Waals surface area contributed by atoms with Crippen LogP contribution in [0.4, 0.5) is 5.95 Å². The molecule has 0 bridgehead atoms. The minimum Gasteiger partial charge on any atom is -0.493 e. The van der Waals surface area contributed by atoms with Gasteiger partial charge in [0, 0.05) is 23.4 Å². The predicted octanol–water partition coefficient (Wildman–Crippen LogP) is 4.92. The second kappa shape index (κ2) is 8.94. The fraction of sp³-hybridized carbons (Fsp3) is 0.320. The Labute approximate surface area is 197 Å². The number of nitrogens with zero attached hydrogens (tertiary/aromatic N) is 3. The van der Waals surface area contributed by atoms with Crippen LogP contribution >= 0.6 is 11.8 Å². The van der Waals surface area contributed by atoms with E-state index in [0.29, 0.717) is 29.0 Å². The first-order valence-corrected chi connectivity index (χ1v) is 12.0. The molecule has 1 aliphatic carbocycles. The van der Waals surface area contributed by atoms with Crippen molar-refractivity contribution in [2.24, 2.45) is 0 Å². The Morgan fingerprint density at radius 3 is 2.73 bits per heavy atom. The molecule has 1 aromatic heterocycles. The lowest BCUT2D eigenvalue weighted by Crippen LogP contribution is -2.31. The van der Waals surface area contributed by atoms with E-state index in [4.69, 9.17) is 19.6 Å². The number of rotatable bonds is 6. The molecule has 1 atom stereocenters. The summed E-state index contributed by atoms with van der Waals surface area (Å²) in [7, 11) is 3.22. The number of allylic oxidation sites excluding steroid dienone is 2. The smallest absolute Gasteiger partial charge is 0.227 e. The van der Waals surface area contributed by atoms with Gasteiger partial charge in [0.25, 0.3) is 0 Å². The van der Waals surface area contributed by atoms with Crippen LogP contribution in [0.5, 0.6) is 11.5 Å². The third-order valence-corrected chi connectivity index (χ3v) is 7.08. The number of anilines is 1. The first kappa shape index (κ1) is 21.6. The van der Waals surface area contributed by atoms with Gasteiger partial charge in [-0.15, -0.1) is 5.10 Å². The van der Waals surface area contributed by atoms with Gasteiger partial charge >= 0.3 is 0 Å². The van der Waals surface area contributed by atoms with Crippen molar-refractivity contribution in [3.05, 3.63) is 70.4 Å². The summed E-state index contributed by atoms with van der Waals surface area (Å²) in [6.45, 7) is 2.11. The Balaban J connectivity index is 1.54. The van der Waals surface area contributed by atoms with Crippen molar-refractivity contribution in [2.75, 3.05) is 19.5 Å². The van der Waals surface area contributed by atoms with Crippen molar-refractivity contribution in [1.29, 1.82) is 0 Å². The Hall–Kier alpha value is -3.26. The van der Waals surface area contributed by atoms with Crippen LogP contribution in [0, 0.1) is 6.92 Å². The van der Waals surface area contributed by atoms with Crippen LogP contribution in [-0.2, 0) is 10.5 Å². The molecule has 0 fully saturated rings. The standard InChI is InChI=1S/C25H26N4O3S/c1-15-7-4-5-8-17(15)14-33-25-27-24-26-18-9-6-10-19(30)22(18)23(29(24)28-25)16-11-12-20(31-2)21(13-16)32-3/h4-5,7-8,11-13,23H,6,9-10,14H2,1-3H3,(H,26,27,28). The summed E-state index contributed by atoms with van der Waals surface area (Å²) in [5, 5.41) is 8.89. The van der Waals surface area contributed by atoms with Gasteiger partial charge in [-0.3, -0.25) is 4.79 Å². The molecule has 2 aliphatic rings. The molecule has 0 radical (unpaired) electrons. The molecule has 2 heterocycles. The van der Waals surface area contributed by atoms with Gasteiger partial charge in [0.05, 0.1) is 14.2 Å². The summed E-state index contributed by atoms with van der Waals surface area (Å²) in [5.41, 5.74) is 5.13. The van der Waals surface area contributed by atoms with Crippen molar-refractivity contribution in [2.45, 2.75) is 43.1 Å². The zero-order chi connectivity index (χ0) is 22.9. The number of ether oxygens (including phenoxy) is 2. The van der Waals surface area contributed by atoms with Gasteiger partial charge in [0.15, 0.2) is 17.3 Å². The van der Waals surface area contributed by atoms with Gasteiger partial charge < -0.3 is 14.8 Å². The third-order valence-electron chi connectivity index (χ3n) is 6.19. The molecule has 33 heavy (non-hydrogen) atoms. The van der Waals surface area contributed by atoms with Crippen molar-refractivity contribution >= 4 is 23.5 Å². The number of benzene rings is 2. The Kier molecular flexibility index (Phi) is 5.85. The van der Waals surface area contributed by atoms with Crippen LogP contribution in [0.2, 0.25) is 0 Å². The van der Waals surface area contributed by atoms with Crippen LogP contribution in [0.15, 0.2) is 58.9 Å². The summed E-state index contributed by atoms with van der Waals surface area (Å²) in [6, 6.07) is 13.7. The first-order chi connectivity index (χ1) is 16.1. The molecule has 170 valence electrons. The molecule has 1 unspecified atom stereocenters. The molecule has 5 rings (SSSR count). The molecule has 2 aromatic carbocycles. The number of Topliss-reactive ketones (excluding diaryl/α,β-unsaturated/α-hetero) is 1. The predicted molar refractivity (Wildman–Crippen MR) is 128 cm³/mol. The summed E-state index contributed by atoms with van der Waals surface area (Å²) >= 11 is 1.60. The normalized spacial score (nSPS) is 17.3. The van der Waals surface area contributed by atoms with E-state index in [1.807, 2.05) is 35.0 Å². The summed E-state index contributed by atoms with van der Waals surface area (Å²) in [4.78, 5) is 17.8. The number of methoxy groups -OCH3 is 2. The Bertz CT molecular complexity index is 1250. The van der Waals surface area contributed by atoms with Crippen molar-refractivity contribution in [3.63, 3.8) is 0 Å². The fourth-order valence-corrected chi connectivity index (χ4v) is 5.35. The second-order valence-electron chi connectivity index (χ2n) is 8.19. The lowest BCUT2D eigenvalue weighted by molar-refractivity contribution is -0.116. The average molecular weight is 463 g/mol. The highest BCUT2D eigenvalue weighted by atomic mass is 32.2. The number of carbonyl (C=O) groups excluding carboxylic acids is 1. The molecular formula is C25H26N4O3S. The van der Waals surface area contributed by atoms with Crippen LogP contribution in [-0.4, -0.2) is 34.8 Å². The molecule has 1 N–H and O–H groups in total. The lowest BCUT2D eigenvalue weighted by atomic mass is 9.85. The highest BCUT2D eigenvalue weighted by molar-refractivity contribution is 7.98. The monoisotopic (exact) mass is 462 g/mol. The van der Waals surface area contributed by atoms with Crippen LogP contribution in [0.3, 0.4) is 0 Å². The van der Waals surface area contributed by atoms with E-state index in [0.717, 1.165) is 35.4 Å². The number of nitrogens with one attached hydrogen (secondary N) is 1. The topological polar surface area (TPSA) is 78.3 Å². The van der Waals surface area contributed by atoms with Crippen LogP contribution in [0.25, 0.3) is 0 Å². The van der Waals surface area contributed by atoms with Crippen LogP contribution < -0.4 is 14.8 Å². The number of aromatic nitrogens is 3. The number of aryl methyl sites for hydroxylation is 1. The van der Waals surface area contributed by atoms with E-state index in [9.17, 15) is 4.79 Å². The molecule has 0 spiro atoms. The van der Waals surface area contributed by atoms with Gasteiger partial charge in [0.1, 0.15) is 6.04 Å². The van der Waals surface area contributed by atoms with E-state index < -0.39 is 0 Å². The Morgan fingerprint density at radius 1 is 1.12 bits per heavy atom. The SMILES string of the molecule is COc1ccc(C2C3=C(CCCC3=O)Nc3nc(SCc4ccccc4C)nn32)cc1OC. The molecule has 0 saturated heterocycles. The molecule has 7 nitrogen and oxygen atoms in total. The van der Waals surface area contributed by atoms with Crippen molar-refractivity contribution < 1.29 is 14.3 Å². The molecule has 8 heteroatoms. The van der Waals surface area contributed by atoms with Gasteiger partial charge in [-0.05, 0) is 48.6 Å². The number of hydrogen-bond acceptors (Lipinski definition) is 7. The van der Waals surface area contributed by atoms with Crippen molar-refractivity contribution in [1.82, 2.24) is 14.8 Å². The van der Waals surface area contributed by atoms with Gasteiger partial charge in [-0.2, -0.15) is 4.98 Å². The molecule has 0 amide bonds. The zero-order valence-corrected chi connectivity index (χ0v) is 19.7. The fourth-order valence-electron chi connectivity index (χ4n) is 4.44. The first-order valence-electron chi connectivity index (χ1n) is 11.0. The minimum absolute atomic E-state index is 0.152. The van der Waals surface area contributed by atoms with Gasteiger partial charge in [-0.1, -0.05) is 42.1 Å². The second-order valence-corrected chi connectivity index (χ2v) is 9.13. The summed E-state index contributed by atoms with van der Waals surface area (Å²) in [5.74, 6) is 2.86. The summed E-state index contributed by atoms with van der Waals surface area (Å²) in [6.07, 6.45) is 2.21. The quantitative estimate of drug-likeness (QED) is 0.521. The van der Waals surface area contributed by atoms with Crippen LogP contribution in [0.1, 0.15) is 42.0 Å². The Morgan fingerprint density at radius 2 is 1.94 bits per heavy atom. The molecule has 1 aliphatic heterocycles.